The topological polar surface area (TPSA) is 168 Å². The Bertz CT molecular complexity index is 1190. The van der Waals surface area contributed by atoms with E-state index < -0.39 is 83.1 Å². The van der Waals surface area contributed by atoms with Crippen molar-refractivity contribution in [2.75, 3.05) is 20.7 Å². The summed E-state index contributed by atoms with van der Waals surface area (Å²) in [5, 5.41) is 32.4. The number of aliphatic imine (C=N–C) groups is 1. The molecule has 3 aliphatic rings. The summed E-state index contributed by atoms with van der Waals surface area (Å²) in [4.78, 5) is 46.8. The number of carbonyl (C=O) groups excluding carboxylic acids is 3. The Morgan fingerprint density at radius 3 is 2.34 bits per heavy atom. The van der Waals surface area contributed by atoms with Gasteiger partial charge in [0.25, 0.3) is 0 Å². The summed E-state index contributed by atoms with van der Waals surface area (Å²) >= 11 is 0. The van der Waals surface area contributed by atoms with Crippen molar-refractivity contribution in [3.05, 3.63) is 0 Å². The van der Waals surface area contributed by atoms with E-state index >= 15 is 0 Å². The summed E-state index contributed by atoms with van der Waals surface area (Å²) in [6.07, 6.45) is -2.74. The quantitative estimate of drug-likeness (QED) is 0.298. The molecule has 1 amide bonds. The number of hydrogen-bond acceptors (Lipinski definition) is 11. The van der Waals surface area contributed by atoms with E-state index in [2.05, 4.69) is 4.99 Å². The SMILES string of the molecule is CC[C@H]1OC(=O)[C@H](C)C(=O)[C@H](C)[C@@H](O[C@@H]2O[C@H](C)C[C@H](N(C)C)[C@H]2O)[C@@]2(C)C[C@@H](C)C(=NC(C)=O)[C@H](C)[C@@H](CCC(=N)CO2)[C@]1(C)O. The third-order valence-electron chi connectivity index (χ3n) is 10.8. The number of aliphatic hydroxyl groups excluding tert-OH is 1. The lowest BCUT2D eigenvalue weighted by atomic mass is 9.68. The van der Waals surface area contributed by atoms with E-state index in [1.807, 2.05) is 39.8 Å². The van der Waals surface area contributed by atoms with Gasteiger partial charge in [-0.1, -0.05) is 27.7 Å². The Labute approximate surface area is 280 Å². The van der Waals surface area contributed by atoms with Crippen molar-refractivity contribution in [2.24, 2.45) is 34.6 Å². The molecule has 3 fully saturated rings. The molecule has 0 saturated carbocycles. The highest BCUT2D eigenvalue weighted by Crippen LogP contribution is 2.42. The number of fused-ring (bicyclic) bond motifs is 5. The molecule has 3 heterocycles. The van der Waals surface area contributed by atoms with Gasteiger partial charge in [0.05, 0.1) is 24.4 Å². The molecule has 0 aromatic heterocycles. The fourth-order valence-corrected chi connectivity index (χ4v) is 8.07. The van der Waals surface area contributed by atoms with Gasteiger partial charge in [-0.15, -0.1) is 0 Å². The van der Waals surface area contributed by atoms with Crippen LogP contribution in [0.15, 0.2) is 4.99 Å². The number of esters is 1. The zero-order valence-corrected chi connectivity index (χ0v) is 30.2. The maximum atomic E-state index is 14.2. The van der Waals surface area contributed by atoms with Crippen LogP contribution in [0.25, 0.3) is 0 Å². The lowest BCUT2D eigenvalue weighted by Crippen LogP contribution is -2.59. The van der Waals surface area contributed by atoms with Crippen molar-refractivity contribution in [2.45, 2.75) is 142 Å². The number of amides is 1. The highest BCUT2D eigenvalue weighted by atomic mass is 16.7. The highest BCUT2D eigenvalue weighted by Gasteiger charge is 2.52. The Morgan fingerprint density at radius 2 is 1.77 bits per heavy atom. The fourth-order valence-electron chi connectivity index (χ4n) is 8.07. The average molecular weight is 666 g/mol. The Morgan fingerprint density at radius 1 is 1.13 bits per heavy atom. The first-order valence-electron chi connectivity index (χ1n) is 17.2. The molecule has 2 bridgehead atoms. The van der Waals surface area contributed by atoms with Crippen molar-refractivity contribution >= 4 is 29.1 Å². The Balaban J connectivity index is 2.29. The maximum Gasteiger partial charge on any atom is 0.316 e. The molecular weight excluding hydrogens is 606 g/mol. The van der Waals surface area contributed by atoms with Crippen molar-refractivity contribution in [1.29, 1.82) is 5.41 Å². The summed E-state index contributed by atoms with van der Waals surface area (Å²) in [6.45, 7) is 15.4. The molecule has 3 aliphatic heterocycles. The number of aliphatic hydroxyl groups is 2. The second-order valence-electron chi connectivity index (χ2n) is 14.9. The molecule has 13 atom stereocenters. The summed E-state index contributed by atoms with van der Waals surface area (Å²) in [5.41, 5.74) is -2.02. The number of Topliss-reactive ketones (excluding diaryl/α,β-unsaturated/α-hetero) is 1. The first-order valence-corrected chi connectivity index (χ1v) is 17.2. The minimum atomic E-state index is -1.57. The summed E-state index contributed by atoms with van der Waals surface area (Å²) in [6, 6.07) is -0.276. The van der Waals surface area contributed by atoms with Crippen LogP contribution in [-0.4, -0.2) is 113 Å². The molecule has 3 N–H and O–H groups in total. The van der Waals surface area contributed by atoms with Gasteiger partial charge in [0, 0.05) is 36.2 Å². The molecule has 3 rings (SSSR count). The number of ether oxygens (including phenoxy) is 4. The van der Waals surface area contributed by atoms with Gasteiger partial charge in [0.15, 0.2) is 12.1 Å². The molecule has 0 radical (unpaired) electrons. The van der Waals surface area contributed by atoms with E-state index in [9.17, 15) is 24.6 Å². The van der Waals surface area contributed by atoms with Gasteiger partial charge in [-0.3, -0.25) is 14.4 Å². The van der Waals surface area contributed by atoms with Crippen molar-refractivity contribution in [1.82, 2.24) is 4.90 Å². The average Bonchev–Trinajstić information content (AvgIpc) is 3.00. The first kappa shape index (κ1) is 39.3. The normalized spacial score (nSPS) is 44.0. The number of hydrogen-bond donors (Lipinski definition) is 3. The van der Waals surface area contributed by atoms with Crippen LogP contribution in [0.3, 0.4) is 0 Å². The standard InChI is InChI=1S/C35H59N3O9/c1-12-27-35(9,43)25-14-13-24(36)17-44-34(8,16-18(2)28(20(25)4)37-23(7)39)31(21(5)29(40)22(6)32(42)46-27)47-33-30(41)26(38(10)11)15-19(3)45-33/h18-22,25-27,30-31,33,36,41,43H,12-17H2,1-11H3/t18-,19-,20-,21+,22-,25-,26+,27-,30-,31-,33+,34-,35+/m1/s1. The number of carbonyl (C=O) groups is 3. The lowest BCUT2D eigenvalue weighted by Gasteiger charge is -2.47. The summed E-state index contributed by atoms with van der Waals surface area (Å²) in [7, 11) is 3.74. The fraction of sp³-hybridized carbons (Fsp3) is 0.857. The van der Waals surface area contributed by atoms with Crippen LogP contribution in [-0.2, 0) is 33.3 Å². The molecule has 47 heavy (non-hydrogen) atoms. The number of nitrogens with one attached hydrogen (secondary N) is 1. The smallest absolute Gasteiger partial charge is 0.316 e. The molecule has 3 saturated heterocycles. The summed E-state index contributed by atoms with van der Waals surface area (Å²) in [5.74, 6) is -5.16. The van der Waals surface area contributed by atoms with Gasteiger partial charge in [-0.25, -0.2) is 4.99 Å². The Hall–Kier alpha value is -2.09. The zero-order chi connectivity index (χ0) is 35.6. The zero-order valence-electron chi connectivity index (χ0n) is 30.2. The second kappa shape index (κ2) is 15.6. The predicted molar refractivity (Wildman–Crippen MR) is 177 cm³/mol. The third kappa shape index (κ3) is 8.75. The van der Waals surface area contributed by atoms with E-state index in [4.69, 9.17) is 24.4 Å². The van der Waals surface area contributed by atoms with Crippen LogP contribution in [0.4, 0.5) is 0 Å². The van der Waals surface area contributed by atoms with E-state index in [1.165, 1.54) is 13.8 Å². The van der Waals surface area contributed by atoms with Crippen molar-refractivity contribution < 1.29 is 43.5 Å². The predicted octanol–water partition coefficient (Wildman–Crippen LogP) is 3.58. The molecule has 0 aliphatic carbocycles. The third-order valence-corrected chi connectivity index (χ3v) is 10.8. The first-order chi connectivity index (χ1) is 21.7. The lowest BCUT2D eigenvalue weighted by molar-refractivity contribution is -0.296. The minimum Gasteiger partial charge on any atom is -0.459 e. The van der Waals surface area contributed by atoms with Crippen LogP contribution in [0.5, 0.6) is 0 Å². The van der Waals surface area contributed by atoms with Crippen LogP contribution in [0.2, 0.25) is 0 Å². The molecule has 0 aromatic carbocycles. The van der Waals surface area contributed by atoms with E-state index in [-0.39, 0.29) is 43.7 Å². The number of cyclic esters (lactones) is 1. The van der Waals surface area contributed by atoms with E-state index in [1.54, 1.807) is 27.7 Å². The van der Waals surface area contributed by atoms with Gasteiger partial charge in [-0.05, 0) is 85.7 Å². The molecular formula is C35H59N3O9. The molecule has 0 spiro atoms. The number of nitrogens with zero attached hydrogens (tertiary/aromatic N) is 2. The van der Waals surface area contributed by atoms with Gasteiger partial charge in [0.1, 0.15) is 23.7 Å². The van der Waals surface area contributed by atoms with Crippen molar-refractivity contribution in [3.63, 3.8) is 0 Å². The van der Waals surface area contributed by atoms with Crippen LogP contribution in [0.1, 0.15) is 94.4 Å². The maximum absolute atomic E-state index is 14.2. The Kier molecular flexibility index (Phi) is 13.1. The van der Waals surface area contributed by atoms with E-state index in [0.717, 1.165) is 0 Å². The van der Waals surface area contributed by atoms with Crippen LogP contribution < -0.4 is 0 Å². The molecule has 0 unspecified atom stereocenters. The molecule has 12 nitrogen and oxygen atoms in total. The number of ketones is 1. The second-order valence-corrected chi connectivity index (χ2v) is 14.9. The molecule has 268 valence electrons. The van der Waals surface area contributed by atoms with Crippen molar-refractivity contribution in [3.8, 4) is 0 Å². The van der Waals surface area contributed by atoms with Crippen LogP contribution in [0, 0.1) is 35.0 Å². The van der Waals surface area contributed by atoms with E-state index in [0.29, 0.717) is 18.6 Å². The van der Waals surface area contributed by atoms with Gasteiger partial charge in [-0.2, -0.15) is 0 Å². The monoisotopic (exact) mass is 665 g/mol. The van der Waals surface area contributed by atoms with Gasteiger partial charge in [0.2, 0.25) is 5.91 Å². The molecule has 0 aromatic rings. The van der Waals surface area contributed by atoms with Crippen LogP contribution >= 0.6 is 0 Å². The number of rotatable bonds is 4. The molecule has 12 heteroatoms. The number of likely N-dealkylation sites (N-methyl/N-ethyl adjacent to an activating group) is 1. The van der Waals surface area contributed by atoms with Gasteiger partial charge >= 0.3 is 5.97 Å². The van der Waals surface area contributed by atoms with Gasteiger partial charge < -0.3 is 39.5 Å². The summed E-state index contributed by atoms with van der Waals surface area (Å²) < 4.78 is 25.3. The largest absolute Gasteiger partial charge is 0.459 e. The minimum absolute atomic E-state index is 0.0700. The highest BCUT2D eigenvalue weighted by molar-refractivity contribution is 6.00.